The maximum Gasteiger partial charge on any atom is 0.0419 e. The van der Waals surface area contributed by atoms with Crippen molar-refractivity contribution in [3.05, 3.63) is 30.1 Å². The van der Waals surface area contributed by atoms with Crippen molar-refractivity contribution < 1.29 is 0 Å². The number of hydrogen-bond donors (Lipinski definition) is 1. The number of rotatable bonds is 5. The number of aromatic nitrogens is 1. The van der Waals surface area contributed by atoms with E-state index in [0.717, 1.165) is 18.9 Å². The van der Waals surface area contributed by atoms with Crippen molar-refractivity contribution in [3.63, 3.8) is 0 Å². The van der Waals surface area contributed by atoms with E-state index in [9.17, 15) is 0 Å². The highest BCUT2D eigenvalue weighted by molar-refractivity contribution is 5.06. The highest BCUT2D eigenvalue weighted by Crippen LogP contribution is 2.26. The van der Waals surface area contributed by atoms with E-state index in [2.05, 4.69) is 29.4 Å². The Labute approximate surface area is 118 Å². The van der Waals surface area contributed by atoms with Crippen molar-refractivity contribution in [3.8, 4) is 0 Å². The lowest BCUT2D eigenvalue weighted by Crippen LogP contribution is -2.38. The molecule has 2 heteroatoms. The van der Waals surface area contributed by atoms with Crippen LogP contribution in [-0.4, -0.2) is 17.6 Å². The van der Waals surface area contributed by atoms with Crippen molar-refractivity contribution in [2.45, 2.75) is 64.3 Å². The third kappa shape index (κ3) is 4.94. The normalized spacial score (nSPS) is 19.6. The van der Waals surface area contributed by atoms with Crippen LogP contribution in [0.2, 0.25) is 0 Å². The van der Waals surface area contributed by atoms with E-state index >= 15 is 0 Å². The number of nitrogens with one attached hydrogen (secondary N) is 1. The van der Waals surface area contributed by atoms with Gasteiger partial charge in [0, 0.05) is 24.4 Å². The molecule has 1 aliphatic rings. The largest absolute Gasteiger partial charge is 0.314 e. The van der Waals surface area contributed by atoms with Crippen LogP contribution in [0, 0.1) is 5.92 Å². The lowest BCUT2D eigenvalue weighted by Gasteiger charge is -2.29. The summed E-state index contributed by atoms with van der Waals surface area (Å²) in [5, 5.41) is 3.71. The van der Waals surface area contributed by atoms with E-state index < -0.39 is 0 Å². The van der Waals surface area contributed by atoms with Gasteiger partial charge in [-0.1, -0.05) is 45.1 Å². The Morgan fingerprint density at radius 3 is 2.53 bits per heavy atom. The molecule has 1 heterocycles. The number of likely N-dealkylation sites (N-methyl/N-ethyl adjacent to an activating group) is 1. The SMILES string of the molecule is CCNC(Cc1ccccn1)C1CCCCCCC1. The fourth-order valence-electron chi connectivity index (χ4n) is 3.30. The molecule has 2 rings (SSSR count). The minimum Gasteiger partial charge on any atom is -0.314 e. The number of pyridine rings is 1. The first kappa shape index (κ1) is 14.5. The van der Waals surface area contributed by atoms with E-state index in [1.807, 2.05) is 12.3 Å². The molecule has 0 aromatic carbocycles. The van der Waals surface area contributed by atoms with Crippen LogP contribution >= 0.6 is 0 Å². The zero-order chi connectivity index (χ0) is 13.3. The van der Waals surface area contributed by atoms with Crippen LogP contribution in [0.15, 0.2) is 24.4 Å². The van der Waals surface area contributed by atoms with Crippen LogP contribution in [0.3, 0.4) is 0 Å². The third-order valence-corrected chi connectivity index (χ3v) is 4.34. The Hall–Kier alpha value is -0.890. The van der Waals surface area contributed by atoms with Crippen molar-refractivity contribution >= 4 is 0 Å². The van der Waals surface area contributed by atoms with Crippen molar-refractivity contribution in [1.29, 1.82) is 0 Å². The molecule has 1 saturated carbocycles. The highest BCUT2D eigenvalue weighted by atomic mass is 14.9. The van der Waals surface area contributed by atoms with Gasteiger partial charge in [0.05, 0.1) is 0 Å². The Kier molecular flexibility index (Phi) is 6.35. The lowest BCUT2D eigenvalue weighted by molar-refractivity contribution is 0.285. The molecule has 1 unspecified atom stereocenters. The second-order valence-electron chi connectivity index (χ2n) is 5.79. The van der Waals surface area contributed by atoms with Gasteiger partial charge in [-0.05, 0) is 37.4 Å². The molecule has 0 spiro atoms. The molecule has 1 aliphatic carbocycles. The maximum atomic E-state index is 4.50. The summed E-state index contributed by atoms with van der Waals surface area (Å²) in [5.41, 5.74) is 1.23. The Morgan fingerprint density at radius 1 is 1.16 bits per heavy atom. The van der Waals surface area contributed by atoms with E-state index in [-0.39, 0.29) is 0 Å². The van der Waals surface area contributed by atoms with Crippen LogP contribution in [-0.2, 0) is 6.42 Å². The summed E-state index contributed by atoms with van der Waals surface area (Å²) in [6, 6.07) is 6.87. The molecule has 0 bridgehead atoms. The topological polar surface area (TPSA) is 24.9 Å². The highest BCUT2D eigenvalue weighted by Gasteiger charge is 2.21. The number of hydrogen-bond acceptors (Lipinski definition) is 2. The van der Waals surface area contributed by atoms with Gasteiger partial charge in [0.25, 0.3) is 0 Å². The molecule has 1 atom stereocenters. The Bertz CT molecular complexity index is 328. The van der Waals surface area contributed by atoms with Gasteiger partial charge in [0.2, 0.25) is 0 Å². The maximum absolute atomic E-state index is 4.50. The van der Waals surface area contributed by atoms with E-state index in [1.54, 1.807) is 0 Å². The molecule has 0 aliphatic heterocycles. The monoisotopic (exact) mass is 260 g/mol. The minimum atomic E-state index is 0.609. The predicted molar refractivity (Wildman–Crippen MR) is 81.2 cm³/mol. The Morgan fingerprint density at radius 2 is 1.89 bits per heavy atom. The Balaban J connectivity index is 1.96. The van der Waals surface area contributed by atoms with Crippen LogP contribution in [0.4, 0.5) is 0 Å². The first-order chi connectivity index (χ1) is 9.40. The van der Waals surface area contributed by atoms with Crippen LogP contribution in [0.5, 0.6) is 0 Å². The summed E-state index contributed by atoms with van der Waals surface area (Å²) in [4.78, 5) is 4.50. The van der Waals surface area contributed by atoms with Crippen molar-refractivity contribution in [2.24, 2.45) is 5.92 Å². The fourth-order valence-corrected chi connectivity index (χ4v) is 3.30. The molecule has 1 aromatic heterocycles. The first-order valence-corrected chi connectivity index (χ1v) is 8.03. The summed E-state index contributed by atoms with van der Waals surface area (Å²) in [7, 11) is 0. The van der Waals surface area contributed by atoms with E-state index in [4.69, 9.17) is 0 Å². The molecule has 0 radical (unpaired) electrons. The standard InChI is InChI=1S/C17H28N2/c1-2-18-17(14-16-12-8-9-13-19-16)15-10-6-4-3-5-7-11-15/h8-9,12-13,15,17-18H,2-7,10-11,14H2,1H3. The van der Waals surface area contributed by atoms with Gasteiger partial charge in [0.1, 0.15) is 0 Å². The third-order valence-electron chi connectivity index (χ3n) is 4.34. The second-order valence-corrected chi connectivity index (χ2v) is 5.79. The van der Waals surface area contributed by atoms with E-state index in [1.165, 1.54) is 50.6 Å². The molecule has 106 valence electrons. The molecule has 1 aromatic rings. The zero-order valence-corrected chi connectivity index (χ0v) is 12.3. The quantitative estimate of drug-likeness (QED) is 0.866. The summed E-state index contributed by atoms with van der Waals surface area (Å²) < 4.78 is 0. The molecule has 1 N–H and O–H groups in total. The summed E-state index contributed by atoms with van der Waals surface area (Å²) >= 11 is 0. The summed E-state index contributed by atoms with van der Waals surface area (Å²) in [5.74, 6) is 0.835. The van der Waals surface area contributed by atoms with Crippen molar-refractivity contribution in [2.75, 3.05) is 6.54 Å². The van der Waals surface area contributed by atoms with Gasteiger partial charge in [-0.2, -0.15) is 0 Å². The van der Waals surface area contributed by atoms with Gasteiger partial charge >= 0.3 is 0 Å². The minimum absolute atomic E-state index is 0.609. The molecule has 19 heavy (non-hydrogen) atoms. The predicted octanol–water partition coefficient (Wildman–Crippen LogP) is 3.96. The van der Waals surface area contributed by atoms with Gasteiger partial charge in [-0.15, -0.1) is 0 Å². The smallest absolute Gasteiger partial charge is 0.0419 e. The van der Waals surface area contributed by atoms with Gasteiger partial charge in [-0.25, -0.2) is 0 Å². The average Bonchev–Trinajstić information content (AvgIpc) is 2.39. The molecule has 2 nitrogen and oxygen atoms in total. The molecule has 1 fully saturated rings. The second kappa shape index (κ2) is 8.31. The van der Waals surface area contributed by atoms with Gasteiger partial charge in [-0.3, -0.25) is 4.98 Å². The average molecular weight is 260 g/mol. The van der Waals surface area contributed by atoms with E-state index in [0.29, 0.717) is 6.04 Å². The molecular formula is C17H28N2. The molecular weight excluding hydrogens is 232 g/mol. The van der Waals surface area contributed by atoms with Crippen molar-refractivity contribution in [1.82, 2.24) is 10.3 Å². The lowest BCUT2D eigenvalue weighted by atomic mass is 9.84. The van der Waals surface area contributed by atoms with Crippen LogP contribution < -0.4 is 5.32 Å². The number of nitrogens with zero attached hydrogens (tertiary/aromatic N) is 1. The first-order valence-electron chi connectivity index (χ1n) is 8.03. The van der Waals surface area contributed by atoms with Crippen LogP contribution in [0.1, 0.15) is 57.6 Å². The van der Waals surface area contributed by atoms with Gasteiger partial charge in [0.15, 0.2) is 0 Å². The van der Waals surface area contributed by atoms with Crippen LogP contribution in [0.25, 0.3) is 0 Å². The fraction of sp³-hybridized carbons (Fsp3) is 0.706. The molecule has 0 amide bonds. The summed E-state index contributed by atoms with van der Waals surface area (Å²) in [6.07, 6.45) is 12.9. The molecule has 0 saturated heterocycles. The zero-order valence-electron chi connectivity index (χ0n) is 12.3. The summed E-state index contributed by atoms with van der Waals surface area (Å²) in [6.45, 7) is 3.28. The van der Waals surface area contributed by atoms with Gasteiger partial charge < -0.3 is 5.32 Å².